The zero-order chi connectivity index (χ0) is 16.2. The zero-order valence-corrected chi connectivity index (χ0v) is 13.9. The van der Waals surface area contributed by atoms with Gasteiger partial charge in [0.25, 0.3) is 0 Å². The molecule has 1 aliphatic heterocycles. The summed E-state index contributed by atoms with van der Waals surface area (Å²) in [4.78, 5) is 15.0. The lowest BCUT2D eigenvalue weighted by Crippen LogP contribution is -2.44. The molecule has 23 heavy (non-hydrogen) atoms. The minimum absolute atomic E-state index is 0.00907. The maximum atomic E-state index is 13.0. The molecule has 2 unspecified atom stereocenters. The molecule has 1 aromatic rings. The predicted octanol–water partition coefficient (Wildman–Crippen LogP) is 2.24. The summed E-state index contributed by atoms with van der Waals surface area (Å²) < 4.78 is 0. The van der Waals surface area contributed by atoms with Crippen LogP contribution in [0.3, 0.4) is 0 Å². The van der Waals surface area contributed by atoms with Gasteiger partial charge in [0.15, 0.2) is 0 Å². The second-order valence-electron chi connectivity index (χ2n) is 7.19. The van der Waals surface area contributed by atoms with Crippen LogP contribution in [0.25, 0.3) is 0 Å². The van der Waals surface area contributed by atoms with E-state index in [0.717, 1.165) is 32.2 Å². The smallest absolute Gasteiger partial charge is 0.227 e. The Kier molecular flexibility index (Phi) is 5.34. The fourth-order valence-corrected chi connectivity index (χ4v) is 4.12. The first-order chi connectivity index (χ1) is 11.2. The number of hydrogen-bond donors (Lipinski definition) is 2. The highest BCUT2D eigenvalue weighted by atomic mass is 16.2. The largest absolute Gasteiger partial charge is 0.340 e. The van der Waals surface area contributed by atoms with Crippen molar-refractivity contribution in [2.75, 3.05) is 13.1 Å². The van der Waals surface area contributed by atoms with Crippen LogP contribution >= 0.6 is 0 Å². The molecule has 1 saturated heterocycles. The van der Waals surface area contributed by atoms with Crippen molar-refractivity contribution in [3.63, 3.8) is 0 Å². The molecular weight excluding hydrogens is 286 g/mol. The van der Waals surface area contributed by atoms with Gasteiger partial charge in [-0.2, -0.15) is 0 Å². The maximum absolute atomic E-state index is 13.0. The molecular formula is C19H29N3O. The molecule has 3 rings (SSSR count). The van der Waals surface area contributed by atoms with Gasteiger partial charge in [0.2, 0.25) is 5.91 Å². The van der Waals surface area contributed by atoms with Gasteiger partial charge in [-0.25, -0.2) is 0 Å². The van der Waals surface area contributed by atoms with Crippen molar-refractivity contribution in [2.24, 2.45) is 17.4 Å². The highest BCUT2D eigenvalue weighted by molar-refractivity contribution is 5.80. The lowest BCUT2D eigenvalue weighted by Gasteiger charge is -2.29. The van der Waals surface area contributed by atoms with Crippen molar-refractivity contribution < 1.29 is 4.79 Å². The SMILES string of the molecule is NC1CCCCCCC1C(=O)N1C[C@@H](N)[C@H](c2ccccc2)C1. The molecule has 2 fully saturated rings. The molecule has 4 heteroatoms. The Morgan fingerprint density at radius 1 is 0.913 bits per heavy atom. The van der Waals surface area contributed by atoms with E-state index in [1.165, 1.54) is 18.4 Å². The van der Waals surface area contributed by atoms with E-state index in [2.05, 4.69) is 12.1 Å². The van der Waals surface area contributed by atoms with Gasteiger partial charge >= 0.3 is 0 Å². The highest BCUT2D eigenvalue weighted by Crippen LogP contribution is 2.30. The molecule has 1 aromatic carbocycles. The summed E-state index contributed by atoms with van der Waals surface area (Å²) in [6.07, 6.45) is 6.64. The number of likely N-dealkylation sites (tertiary alicyclic amines) is 1. The van der Waals surface area contributed by atoms with Crippen LogP contribution in [0.15, 0.2) is 30.3 Å². The van der Waals surface area contributed by atoms with E-state index in [1.54, 1.807) is 0 Å². The molecule has 1 heterocycles. The van der Waals surface area contributed by atoms with Crippen LogP contribution in [0.5, 0.6) is 0 Å². The summed E-state index contributed by atoms with van der Waals surface area (Å²) in [7, 11) is 0. The fraction of sp³-hybridized carbons (Fsp3) is 0.632. The lowest BCUT2D eigenvalue weighted by atomic mass is 9.86. The van der Waals surface area contributed by atoms with E-state index in [4.69, 9.17) is 11.5 Å². The number of carbonyl (C=O) groups excluding carboxylic acids is 1. The Balaban J connectivity index is 1.68. The Labute approximate surface area is 139 Å². The number of nitrogens with zero attached hydrogens (tertiary/aromatic N) is 1. The Bertz CT molecular complexity index is 519. The first-order valence-electron chi connectivity index (χ1n) is 9.01. The standard InChI is InChI=1S/C19H29N3O/c20-17-11-7-2-1-6-10-15(17)19(23)22-12-16(18(21)13-22)14-8-4-3-5-9-14/h3-5,8-9,15-18H,1-2,6-7,10-13,20-21H2/t15?,16-,17?,18+/m0/s1. The van der Waals surface area contributed by atoms with Crippen molar-refractivity contribution in [2.45, 2.75) is 56.5 Å². The van der Waals surface area contributed by atoms with Gasteiger partial charge in [0.05, 0.1) is 5.92 Å². The first-order valence-corrected chi connectivity index (χ1v) is 9.01. The van der Waals surface area contributed by atoms with Crippen molar-refractivity contribution in [1.82, 2.24) is 4.90 Å². The van der Waals surface area contributed by atoms with E-state index in [1.807, 2.05) is 23.1 Å². The number of nitrogens with two attached hydrogens (primary N) is 2. The Hall–Kier alpha value is -1.39. The highest BCUT2D eigenvalue weighted by Gasteiger charge is 2.38. The van der Waals surface area contributed by atoms with Gasteiger partial charge in [-0.3, -0.25) is 4.79 Å². The lowest BCUT2D eigenvalue weighted by molar-refractivity contribution is -0.135. The van der Waals surface area contributed by atoms with E-state index >= 15 is 0 Å². The number of hydrogen-bond acceptors (Lipinski definition) is 3. The molecule has 1 aliphatic carbocycles. The molecule has 4 N–H and O–H groups in total. The molecule has 0 spiro atoms. The summed E-state index contributed by atoms with van der Waals surface area (Å²) in [5, 5.41) is 0. The topological polar surface area (TPSA) is 72.4 Å². The van der Waals surface area contributed by atoms with Crippen molar-refractivity contribution in [1.29, 1.82) is 0 Å². The van der Waals surface area contributed by atoms with Crippen LogP contribution in [-0.2, 0) is 4.79 Å². The second kappa shape index (κ2) is 7.45. The second-order valence-corrected chi connectivity index (χ2v) is 7.19. The third-order valence-corrected chi connectivity index (χ3v) is 5.54. The quantitative estimate of drug-likeness (QED) is 0.879. The van der Waals surface area contributed by atoms with Crippen LogP contribution in [0, 0.1) is 5.92 Å². The minimum Gasteiger partial charge on any atom is -0.340 e. The van der Waals surface area contributed by atoms with Crippen LogP contribution in [0.4, 0.5) is 0 Å². The molecule has 0 bridgehead atoms. The van der Waals surface area contributed by atoms with Crippen molar-refractivity contribution in [3.8, 4) is 0 Å². The molecule has 1 amide bonds. The maximum Gasteiger partial charge on any atom is 0.227 e. The number of benzene rings is 1. The van der Waals surface area contributed by atoms with Crippen LogP contribution in [-0.4, -0.2) is 36.0 Å². The molecule has 126 valence electrons. The summed E-state index contributed by atoms with van der Waals surface area (Å²) in [6, 6.07) is 10.3. The van der Waals surface area contributed by atoms with E-state index in [0.29, 0.717) is 6.54 Å². The van der Waals surface area contributed by atoms with Gasteiger partial charge in [-0.15, -0.1) is 0 Å². The van der Waals surface area contributed by atoms with Crippen molar-refractivity contribution in [3.05, 3.63) is 35.9 Å². The zero-order valence-electron chi connectivity index (χ0n) is 13.9. The van der Waals surface area contributed by atoms with Gasteiger partial charge < -0.3 is 16.4 Å². The third kappa shape index (κ3) is 3.75. The summed E-state index contributed by atoms with van der Waals surface area (Å²) in [6.45, 7) is 1.38. The van der Waals surface area contributed by atoms with Crippen LogP contribution < -0.4 is 11.5 Å². The number of amides is 1. The molecule has 0 radical (unpaired) electrons. The van der Waals surface area contributed by atoms with Crippen LogP contribution in [0.1, 0.15) is 50.0 Å². The summed E-state index contributed by atoms with van der Waals surface area (Å²) in [5.74, 6) is 0.454. The van der Waals surface area contributed by atoms with E-state index in [-0.39, 0.29) is 29.8 Å². The van der Waals surface area contributed by atoms with E-state index in [9.17, 15) is 4.79 Å². The van der Waals surface area contributed by atoms with Gasteiger partial charge in [-0.1, -0.05) is 56.0 Å². The summed E-state index contributed by atoms with van der Waals surface area (Å²) in [5.41, 5.74) is 13.9. The molecule has 4 atom stereocenters. The Morgan fingerprint density at radius 2 is 1.61 bits per heavy atom. The first kappa shape index (κ1) is 16.5. The number of rotatable bonds is 2. The summed E-state index contributed by atoms with van der Waals surface area (Å²) >= 11 is 0. The fourth-order valence-electron chi connectivity index (χ4n) is 4.12. The Morgan fingerprint density at radius 3 is 2.35 bits per heavy atom. The normalized spacial score (nSPS) is 32.3. The minimum atomic E-state index is -0.0166. The average molecular weight is 315 g/mol. The number of carbonyl (C=O) groups is 1. The van der Waals surface area contributed by atoms with Gasteiger partial charge in [0, 0.05) is 31.1 Å². The molecule has 0 aromatic heterocycles. The molecule has 4 nitrogen and oxygen atoms in total. The third-order valence-electron chi connectivity index (χ3n) is 5.54. The molecule has 2 aliphatic rings. The monoisotopic (exact) mass is 315 g/mol. The van der Waals surface area contributed by atoms with Crippen LogP contribution in [0.2, 0.25) is 0 Å². The van der Waals surface area contributed by atoms with Crippen molar-refractivity contribution >= 4 is 5.91 Å². The molecule has 1 saturated carbocycles. The average Bonchev–Trinajstić information content (AvgIpc) is 2.94. The van der Waals surface area contributed by atoms with Gasteiger partial charge in [0.1, 0.15) is 0 Å². The predicted molar refractivity (Wildman–Crippen MR) is 92.9 cm³/mol. The van der Waals surface area contributed by atoms with Gasteiger partial charge in [-0.05, 0) is 18.4 Å². The van der Waals surface area contributed by atoms with E-state index < -0.39 is 0 Å².